The zero-order chi connectivity index (χ0) is 20.2. The summed E-state index contributed by atoms with van der Waals surface area (Å²) in [6.07, 6.45) is 0. The SMILES string of the molecule is CC.COc1cc(C(=O)OCc2ccccc2)ccc1OCc1ccccc1. The molecule has 4 nitrogen and oxygen atoms in total. The lowest BCUT2D eigenvalue weighted by Crippen LogP contribution is -2.06. The zero-order valence-corrected chi connectivity index (χ0v) is 16.6. The summed E-state index contributed by atoms with van der Waals surface area (Å²) < 4.78 is 16.5. The van der Waals surface area contributed by atoms with Crippen LogP contribution in [0.4, 0.5) is 0 Å². The van der Waals surface area contributed by atoms with Gasteiger partial charge in [-0.2, -0.15) is 0 Å². The number of ether oxygens (including phenoxy) is 3. The van der Waals surface area contributed by atoms with Crippen molar-refractivity contribution in [1.29, 1.82) is 0 Å². The monoisotopic (exact) mass is 378 g/mol. The molecule has 0 unspecified atom stereocenters. The van der Waals surface area contributed by atoms with Crippen LogP contribution < -0.4 is 9.47 Å². The third kappa shape index (κ3) is 6.16. The van der Waals surface area contributed by atoms with Gasteiger partial charge in [-0.1, -0.05) is 74.5 Å². The first-order valence-corrected chi connectivity index (χ1v) is 9.32. The molecule has 146 valence electrons. The molecule has 0 radical (unpaired) electrons. The average molecular weight is 378 g/mol. The van der Waals surface area contributed by atoms with Gasteiger partial charge in [0, 0.05) is 0 Å². The van der Waals surface area contributed by atoms with Crippen molar-refractivity contribution in [2.24, 2.45) is 0 Å². The van der Waals surface area contributed by atoms with Gasteiger partial charge in [-0.3, -0.25) is 0 Å². The van der Waals surface area contributed by atoms with Crippen LogP contribution in [0.15, 0.2) is 78.9 Å². The van der Waals surface area contributed by atoms with Crippen molar-refractivity contribution in [3.05, 3.63) is 95.6 Å². The maximum absolute atomic E-state index is 12.3. The summed E-state index contributed by atoms with van der Waals surface area (Å²) in [6, 6.07) is 24.4. The Hall–Kier alpha value is -3.27. The largest absolute Gasteiger partial charge is 0.493 e. The number of rotatable bonds is 7. The highest BCUT2D eigenvalue weighted by molar-refractivity contribution is 5.90. The van der Waals surface area contributed by atoms with Gasteiger partial charge in [0.25, 0.3) is 0 Å². The fraction of sp³-hybridized carbons (Fsp3) is 0.208. The lowest BCUT2D eigenvalue weighted by Gasteiger charge is -2.12. The van der Waals surface area contributed by atoms with Gasteiger partial charge < -0.3 is 14.2 Å². The van der Waals surface area contributed by atoms with Crippen LogP contribution in [0.5, 0.6) is 11.5 Å². The van der Waals surface area contributed by atoms with Crippen LogP contribution in [0.1, 0.15) is 35.3 Å². The molecule has 0 amide bonds. The normalized spacial score (nSPS) is 9.68. The fourth-order valence-corrected chi connectivity index (χ4v) is 2.46. The molecule has 3 rings (SSSR count). The van der Waals surface area contributed by atoms with Crippen molar-refractivity contribution in [3.8, 4) is 11.5 Å². The van der Waals surface area contributed by atoms with Gasteiger partial charge in [-0.05, 0) is 29.3 Å². The van der Waals surface area contributed by atoms with E-state index in [9.17, 15) is 4.79 Å². The molecular formula is C24H26O4. The topological polar surface area (TPSA) is 44.8 Å². The van der Waals surface area contributed by atoms with Crippen LogP contribution in [-0.2, 0) is 18.0 Å². The second kappa shape index (κ2) is 11.4. The predicted molar refractivity (Wildman–Crippen MR) is 111 cm³/mol. The molecule has 3 aromatic carbocycles. The van der Waals surface area contributed by atoms with Crippen LogP contribution in [0, 0.1) is 0 Å². The lowest BCUT2D eigenvalue weighted by molar-refractivity contribution is 0.0472. The Morgan fingerprint density at radius 2 is 1.32 bits per heavy atom. The van der Waals surface area contributed by atoms with Crippen molar-refractivity contribution < 1.29 is 19.0 Å². The van der Waals surface area contributed by atoms with Crippen molar-refractivity contribution in [2.45, 2.75) is 27.1 Å². The second-order valence-electron chi connectivity index (χ2n) is 5.70. The van der Waals surface area contributed by atoms with Crippen LogP contribution in [0.3, 0.4) is 0 Å². The molecule has 3 aromatic rings. The van der Waals surface area contributed by atoms with E-state index in [-0.39, 0.29) is 6.61 Å². The molecule has 0 atom stereocenters. The van der Waals surface area contributed by atoms with Crippen LogP contribution in [-0.4, -0.2) is 13.1 Å². The standard InChI is InChI=1S/C22H20O4.C2H6/c1-24-21-14-19(22(23)26-16-18-10-6-3-7-11-18)12-13-20(21)25-15-17-8-4-2-5-9-17;1-2/h2-14H,15-16H2,1H3;1-2H3. The molecule has 28 heavy (non-hydrogen) atoms. The number of carbonyl (C=O) groups is 1. The van der Waals surface area contributed by atoms with E-state index >= 15 is 0 Å². The summed E-state index contributed by atoms with van der Waals surface area (Å²) in [5, 5.41) is 0. The van der Waals surface area contributed by atoms with Crippen LogP contribution in [0.25, 0.3) is 0 Å². The van der Waals surface area contributed by atoms with Crippen LogP contribution >= 0.6 is 0 Å². The third-order valence-corrected chi connectivity index (χ3v) is 3.85. The van der Waals surface area contributed by atoms with E-state index in [1.165, 1.54) is 0 Å². The first kappa shape index (κ1) is 21.0. The number of hydrogen-bond acceptors (Lipinski definition) is 4. The van der Waals surface area contributed by atoms with E-state index in [1.807, 2.05) is 74.5 Å². The molecule has 0 heterocycles. The fourth-order valence-electron chi connectivity index (χ4n) is 2.46. The van der Waals surface area contributed by atoms with Gasteiger partial charge in [-0.15, -0.1) is 0 Å². The Bertz CT molecular complexity index is 845. The van der Waals surface area contributed by atoms with Crippen molar-refractivity contribution in [3.63, 3.8) is 0 Å². The highest BCUT2D eigenvalue weighted by Crippen LogP contribution is 2.29. The Morgan fingerprint density at radius 3 is 1.89 bits per heavy atom. The zero-order valence-electron chi connectivity index (χ0n) is 16.6. The summed E-state index contributed by atoms with van der Waals surface area (Å²) >= 11 is 0. The summed E-state index contributed by atoms with van der Waals surface area (Å²) in [5.41, 5.74) is 2.42. The third-order valence-electron chi connectivity index (χ3n) is 3.85. The lowest BCUT2D eigenvalue weighted by atomic mass is 10.2. The first-order chi connectivity index (χ1) is 13.8. The van der Waals surface area contributed by atoms with E-state index in [2.05, 4.69) is 0 Å². The molecule has 0 aliphatic rings. The molecule has 0 saturated heterocycles. The Kier molecular flexibility index (Phi) is 8.60. The molecule has 0 aliphatic carbocycles. The minimum absolute atomic E-state index is 0.230. The summed E-state index contributed by atoms with van der Waals surface area (Å²) in [6.45, 7) is 4.66. The number of esters is 1. The molecule has 0 bridgehead atoms. The first-order valence-electron chi connectivity index (χ1n) is 9.32. The summed E-state index contributed by atoms with van der Waals surface area (Å²) in [7, 11) is 1.55. The van der Waals surface area contributed by atoms with Gasteiger partial charge in [0.1, 0.15) is 13.2 Å². The maximum Gasteiger partial charge on any atom is 0.338 e. The minimum Gasteiger partial charge on any atom is -0.493 e. The van der Waals surface area contributed by atoms with Gasteiger partial charge in [0.15, 0.2) is 11.5 Å². The van der Waals surface area contributed by atoms with Crippen molar-refractivity contribution >= 4 is 5.97 Å². The van der Waals surface area contributed by atoms with Crippen molar-refractivity contribution in [1.82, 2.24) is 0 Å². The smallest absolute Gasteiger partial charge is 0.338 e. The van der Waals surface area contributed by atoms with E-state index in [0.29, 0.717) is 23.7 Å². The van der Waals surface area contributed by atoms with Crippen molar-refractivity contribution in [2.75, 3.05) is 7.11 Å². The van der Waals surface area contributed by atoms with E-state index in [4.69, 9.17) is 14.2 Å². The average Bonchev–Trinajstić information content (AvgIpc) is 2.78. The highest BCUT2D eigenvalue weighted by atomic mass is 16.5. The number of benzene rings is 3. The van der Waals surface area contributed by atoms with Gasteiger partial charge in [0.05, 0.1) is 12.7 Å². The number of hydrogen-bond donors (Lipinski definition) is 0. The Balaban J connectivity index is 0.00000136. The second-order valence-corrected chi connectivity index (χ2v) is 5.70. The Labute approximate surface area is 166 Å². The minimum atomic E-state index is -0.401. The quantitative estimate of drug-likeness (QED) is 0.498. The van der Waals surface area contributed by atoms with E-state index < -0.39 is 5.97 Å². The predicted octanol–water partition coefficient (Wildman–Crippen LogP) is 5.66. The Morgan fingerprint density at radius 1 is 0.750 bits per heavy atom. The summed E-state index contributed by atoms with van der Waals surface area (Å²) in [4.78, 5) is 12.3. The van der Waals surface area contributed by atoms with E-state index in [1.54, 1.807) is 25.3 Å². The molecule has 0 fully saturated rings. The molecular weight excluding hydrogens is 352 g/mol. The molecule has 0 spiro atoms. The van der Waals surface area contributed by atoms with Gasteiger partial charge in [-0.25, -0.2) is 4.79 Å². The molecule has 4 heteroatoms. The van der Waals surface area contributed by atoms with E-state index in [0.717, 1.165) is 11.1 Å². The molecule has 0 aromatic heterocycles. The summed E-state index contributed by atoms with van der Waals surface area (Å²) in [5.74, 6) is 0.674. The molecule has 0 aliphatic heterocycles. The highest BCUT2D eigenvalue weighted by Gasteiger charge is 2.13. The number of methoxy groups -OCH3 is 1. The maximum atomic E-state index is 12.3. The molecule has 0 saturated carbocycles. The van der Waals surface area contributed by atoms with Gasteiger partial charge in [0.2, 0.25) is 0 Å². The molecule has 0 N–H and O–H groups in total. The van der Waals surface area contributed by atoms with Crippen LogP contribution in [0.2, 0.25) is 0 Å². The van der Waals surface area contributed by atoms with Gasteiger partial charge >= 0.3 is 5.97 Å². The number of carbonyl (C=O) groups excluding carboxylic acids is 1.